The van der Waals surface area contributed by atoms with Crippen LogP contribution in [-0.2, 0) is 0 Å². The Morgan fingerprint density at radius 3 is 2.62 bits per heavy atom. The highest BCUT2D eigenvalue weighted by molar-refractivity contribution is 14.1. The molecule has 1 aromatic rings. The van der Waals surface area contributed by atoms with Gasteiger partial charge in [-0.3, -0.25) is 4.99 Å². The first-order chi connectivity index (χ1) is 6.22. The fourth-order valence-corrected chi connectivity index (χ4v) is 1.25. The van der Waals surface area contributed by atoms with Gasteiger partial charge in [0.2, 0.25) is 0 Å². The summed E-state index contributed by atoms with van der Waals surface area (Å²) in [4.78, 5) is 4.02. The van der Waals surface area contributed by atoms with Crippen molar-refractivity contribution in [2.45, 2.75) is 6.92 Å². The molecule has 0 bridgehead atoms. The summed E-state index contributed by atoms with van der Waals surface area (Å²) in [5.74, 6) is 0.462. The van der Waals surface area contributed by atoms with Crippen molar-refractivity contribution >= 4 is 34.2 Å². The lowest BCUT2D eigenvalue weighted by Crippen LogP contribution is -2.22. The molecule has 3 nitrogen and oxygen atoms in total. The van der Waals surface area contributed by atoms with Crippen LogP contribution in [0.15, 0.2) is 29.3 Å². The van der Waals surface area contributed by atoms with E-state index in [9.17, 15) is 0 Å². The average molecular weight is 289 g/mol. The Morgan fingerprint density at radius 1 is 1.46 bits per heavy atom. The van der Waals surface area contributed by atoms with Crippen LogP contribution in [0.1, 0.15) is 6.92 Å². The molecule has 13 heavy (non-hydrogen) atoms. The highest BCUT2D eigenvalue weighted by Crippen LogP contribution is 2.10. The smallest absolute Gasteiger partial charge is 0.193 e. The van der Waals surface area contributed by atoms with Crippen molar-refractivity contribution < 1.29 is 0 Å². The highest BCUT2D eigenvalue weighted by atomic mass is 127. The normalized spacial score (nSPS) is 11.4. The molecule has 0 unspecified atom stereocenters. The van der Waals surface area contributed by atoms with Gasteiger partial charge < -0.3 is 11.1 Å². The molecule has 3 N–H and O–H groups in total. The number of aliphatic imine (C=N–C) groups is 1. The maximum atomic E-state index is 5.59. The van der Waals surface area contributed by atoms with Gasteiger partial charge in [-0.2, -0.15) is 0 Å². The maximum Gasteiger partial charge on any atom is 0.193 e. The molecule has 0 aliphatic rings. The summed E-state index contributed by atoms with van der Waals surface area (Å²) >= 11 is 2.26. The number of halogens is 1. The molecule has 0 amide bonds. The quantitative estimate of drug-likeness (QED) is 0.497. The van der Waals surface area contributed by atoms with Gasteiger partial charge in [0.25, 0.3) is 0 Å². The van der Waals surface area contributed by atoms with E-state index in [2.05, 4.69) is 32.9 Å². The van der Waals surface area contributed by atoms with Crippen LogP contribution >= 0.6 is 22.6 Å². The largest absolute Gasteiger partial charge is 0.370 e. The van der Waals surface area contributed by atoms with Crippen molar-refractivity contribution in [3.63, 3.8) is 0 Å². The molecular weight excluding hydrogens is 277 g/mol. The monoisotopic (exact) mass is 289 g/mol. The number of hydrogen-bond donors (Lipinski definition) is 2. The Labute approximate surface area is 91.6 Å². The van der Waals surface area contributed by atoms with Crippen LogP contribution in [0, 0.1) is 3.57 Å². The predicted molar refractivity (Wildman–Crippen MR) is 64.9 cm³/mol. The third-order valence-corrected chi connectivity index (χ3v) is 2.16. The van der Waals surface area contributed by atoms with Crippen LogP contribution in [0.5, 0.6) is 0 Å². The first kappa shape index (κ1) is 10.3. The van der Waals surface area contributed by atoms with E-state index in [0.717, 1.165) is 5.69 Å². The number of benzene rings is 1. The number of rotatable bonds is 2. The first-order valence-electron chi connectivity index (χ1n) is 4.05. The minimum absolute atomic E-state index is 0.462. The van der Waals surface area contributed by atoms with Gasteiger partial charge in [0, 0.05) is 15.8 Å². The Kier molecular flexibility index (Phi) is 4.01. The van der Waals surface area contributed by atoms with Gasteiger partial charge in [-0.25, -0.2) is 0 Å². The third-order valence-electron chi connectivity index (χ3n) is 1.45. The molecule has 0 radical (unpaired) electrons. The summed E-state index contributed by atoms with van der Waals surface area (Å²) in [5.41, 5.74) is 6.56. The zero-order valence-electron chi connectivity index (χ0n) is 7.42. The van der Waals surface area contributed by atoms with Gasteiger partial charge in [-0.05, 0) is 53.8 Å². The van der Waals surface area contributed by atoms with Crippen molar-refractivity contribution in [2.24, 2.45) is 10.7 Å². The number of hydrogen-bond acceptors (Lipinski definition) is 1. The first-order valence-corrected chi connectivity index (χ1v) is 5.12. The van der Waals surface area contributed by atoms with E-state index in [1.807, 2.05) is 31.2 Å². The van der Waals surface area contributed by atoms with Crippen LogP contribution in [0.2, 0.25) is 0 Å². The standard InChI is InChI=1S/C9H12IN3/c1-2-12-9(11)13-8-5-3-7(10)4-6-8/h3-6H,2H2,1H3,(H3,11,12,13). The SMILES string of the molecule is CCN=C(N)Nc1ccc(I)cc1. The average Bonchev–Trinajstić information content (AvgIpc) is 2.09. The molecule has 0 heterocycles. The molecule has 1 rings (SSSR count). The molecular formula is C9H12IN3. The predicted octanol–water partition coefficient (Wildman–Crippen LogP) is 2.04. The van der Waals surface area contributed by atoms with E-state index >= 15 is 0 Å². The van der Waals surface area contributed by atoms with Gasteiger partial charge >= 0.3 is 0 Å². The summed E-state index contributed by atoms with van der Waals surface area (Å²) in [6, 6.07) is 7.98. The van der Waals surface area contributed by atoms with Crippen LogP contribution in [0.4, 0.5) is 5.69 Å². The number of nitrogens with zero attached hydrogens (tertiary/aromatic N) is 1. The molecule has 0 aromatic heterocycles. The van der Waals surface area contributed by atoms with Crippen LogP contribution < -0.4 is 11.1 Å². The molecule has 0 aliphatic carbocycles. The molecule has 70 valence electrons. The Hall–Kier alpha value is -0.780. The van der Waals surface area contributed by atoms with Crippen molar-refractivity contribution in [1.29, 1.82) is 0 Å². The van der Waals surface area contributed by atoms with Gasteiger partial charge in [0.1, 0.15) is 0 Å². The minimum atomic E-state index is 0.462. The summed E-state index contributed by atoms with van der Waals surface area (Å²) in [5, 5.41) is 2.99. The molecule has 0 spiro atoms. The van der Waals surface area contributed by atoms with Crippen LogP contribution in [0.25, 0.3) is 0 Å². The fraction of sp³-hybridized carbons (Fsp3) is 0.222. The van der Waals surface area contributed by atoms with Crippen LogP contribution in [-0.4, -0.2) is 12.5 Å². The number of anilines is 1. The molecule has 4 heteroatoms. The van der Waals surface area contributed by atoms with E-state index in [4.69, 9.17) is 5.73 Å². The van der Waals surface area contributed by atoms with Gasteiger partial charge in [0.05, 0.1) is 0 Å². The maximum absolute atomic E-state index is 5.59. The van der Waals surface area contributed by atoms with Crippen molar-refractivity contribution in [2.75, 3.05) is 11.9 Å². The number of guanidine groups is 1. The molecule has 0 saturated carbocycles. The lowest BCUT2D eigenvalue weighted by Gasteiger charge is -2.04. The Bertz CT molecular complexity index is 292. The van der Waals surface area contributed by atoms with Gasteiger partial charge in [-0.1, -0.05) is 0 Å². The van der Waals surface area contributed by atoms with E-state index in [1.54, 1.807) is 0 Å². The van der Waals surface area contributed by atoms with E-state index in [0.29, 0.717) is 12.5 Å². The van der Waals surface area contributed by atoms with Crippen molar-refractivity contribution in [3.05, 3.63) is 27.8 Å². The van der Waals surface area contributed by atoms with E-state index < -0.39 is 0 Å². The van der Waals surface area contributed by atoms with Gasteiger partial charge in [-0.15, -0.1) is 0 Å². The number of nitrogens with two attached hydrogens (primary N) is 1. The second kappa shape index (κ2) is 5.06. The van der Waals surface area contributed by atoms with Gasteiger partial charge in [0.15, 0.2) is 5.96 Å². The summed E-state index contributed by atoms with van der Waals surface area (Å²) in [6.45, 7) is 2.64. The minimum Gasteiger partial charge on any atom is -0.370 e. The van der Waals surface area contributed by atoms with Crippen molar-refractivity contribution in [1.82, 2.24) is 0 Å². The summed E-state index contributed by atoms with van der Waals surface area (Å²) < 4.78 is 1.20. The third kappa shape index (κ3) is 3.63. The molecule has 0 atom stereocenters. The fourth-order valence-electron chi connectivity index (χ4n) is 0.891. The molecule has 0 fully saturated rings. The zero-order chi connectivity index (χ0) is 9.68. The Morgan fingerprint density at radius 2 is 2.08 bits per heavy atom. The van der Waals surface area contributed by atoms with E-state index in [-0.39, 0.29) is 0 Å². The van der Waals surface area contributed by atoms with E-state index in [1.165, 1.54) is 3.57 Å². The molecule has 0 saturated heterocycles. The topological polar surface area (TPSA) is 50.4 Å². The summed E-state index contributed by atoms with van der Waals surface area (Å²) in [7, 11) is 0. The summed E-state index contributed by atoms with van der Waals surface area (Å²) in [6.07, 6.45) is 0. The van der Waals surface area contributed by atoms with Crippen molar-refractivity contribution in [3.8, 4) is 0 Å². The second-order valence-corrected chi connectivity index (χ2v) is 3.74. The van der Waals surface area contributed by atoms with Crippen LogP contribution in [0.3, 0.4) is 0 Å². The number of nitrogens with one attached hydrogen (secondary N) is 1. The zero-order valence-corrected chi connectivity index (χ0v) is 9.58. The molecule has 1 aromatic carbocycles. The Balaban J connectivity index is 2.64. The lowest BCUT2D eigenvalue weighted by atomic mass is 10.3. The lowest BCUT2D eigenvalue weighted by molar-refractivity contribution is 1.12. The molecule has 0 aliphatic heterocycles. The second-order valence-electron chi connectivity index (χ2n) is 2.49. The highest BCUT2D eigenvalue weighted by Gasteiger charge is 1.93.